The number of hydrogen-bond acceptors (Lipinski definition) is 5. The van der Waals surface area contributed by atoms with Gasteiger partial charge in [-0.3, -0.25) is 9.59 Å². The Labute approximate surface area is 159 Å². The fraction of sp³-hybridized carbons (Fsp3) is 0.727. The minimum atomic E-state index is -1.50. The van der Waals surface area contributed by atoms with E-state index in [9.17, 15) is 19.8 Å². The van der Waals surface area contributed by atoms with Crippen molar-refractivity contribution in [2.24, 2.45) is 28.6 Å². The van der Waals surface area contributed by atoms with Gasteiger partial charge in [-0.15, -0.1) is 0 Å². The summed E-state index contributed by atoms with van der Waals surface area (Å²) in [7, 11) is 0. The second-order valence-electron chi connectivity index (χ2n) is 9.86. The number of carbonyl (C=O) groups is 2. The van der Waals surface area contributed by atoms with E-state index in [0.29, 0.717) is 6.42 Å². The lowest BCUT2D eigenvalue weighted by Gasteiger charge is -2.55. The third-order valence-corrected chi connectivity index (χ3v) is 9.08. The van der Waals surface area contributed by atoms with Crippen molar-refractivity contribution in [2.45, 2.75) is 63.8 Å². The van der Waals surface area contributed by atoms with Crippen molar-refractivity contribution < 1.29 is 24.5 Å². The zero-order valence-corrected chi connectivity index (χ0v) is 16.2. The van der Waals surface area contributed by atoms with E-state index in [1.807, 2.05) is 19.9 Å². The molecule has 1 heterocycles. The van der Waals surface area contributed by atoms with Crippen LogP contribution in [0.25, 0.3) is 0 Å². The lowest BCUT2D eigenvalue weighted by Crippen LogP contribution is -2.62. The monoisotopic (exact) mass is 372 g/mol. The van der Waals surface area contributed by atoms with Gasteiger partial charge in [0.1, 0.15) is 17.8 Å². The molecule has 4 fully saturated rings. The maximum Gasteiger partial charge on any atom is 0.190 e. The largest absolute Gasteiger partial charge is 0.388 e. The number of fused-ring (bicyclic) bond motifs is 3. The molecule has 0 aromatic heterocycles. The molecule has 1 spiro atoms. The van der Waals surface area contributed by atoms with Crippen LogP contribution in [0.1, 0.15) is 46.5 Å². The quantitative estimate of drug-likeness (QED) is 0.724. The second-order valence-corrected chi connectivity index (χ2v) is 9.86. The first-order valence-corrected chi connectivity index (χ1v) is 10.1. The summed E-state index contributed by atoms with van der Waals surface area (Å²) in [4.78, 5) is 24.5. The number of Topliss-reactive ketones (excluding diaryl/α,β-unsaturated/α-hetero) is 1. The average Bonchev–Trinajstić information content (AvgIpc) is 3.31. The van der Waals surface area contributed by atoms with Crippen molar-refractivity contribution in [3.05, 3.63) is 23.8 Å². The van der Waals surface area contributed by atoms with E-state index in [4.69, 9.17) is 4.74 Å². The molecule has 0 unspecified atom stereocenters. The van der Waals surface area contributed by atoms with Crippen LogP contribution in [0.2, 0.25) is 0 Å². The summed E-state index contributed by atoms with van der Waals surface area (Å²) < 4.78 is 6.43. The number of carbonyl (C=O) groups excluding carboxylic acids is 2. The third kappa shape index (κ3) is 1.73. The van der Waals surface area contributed by atoms with Gasteiger partial charge in [-0.2, -0.15) is 0 Å². The van der Waals surface area contributed by atoms with E-state index in [1.54, 1.807) is 12.2 Å². The first-order valence-electron chi connectivity index (χ1n) is 10.1. The second kappa shape index (κ2) is 5.00. The van der Waals surface area contributed by atoms with Crippen molar-refractivity contribution in [3.8, 4) is 0 Å². The highest BCUT2D eigenvalue weighted by Crippen LogP contribution is 2.76. The Bertz CT molecular complexity index is 814. The van der Waals surface area contributed by atoms with Gasteiger partial charge in [0, 0.05) is 10.8 Å². The molecular formula is C22H28O5. The van der Waals surface area contributed by atoms with Crippen LogP contribution in [0.3, 0.4) is 0 Å². The predicted octanol–water partition coefficient (Wildman–Crippen LogP) is 1.96. The van der Waals surface area contributed by atoms with Crippen LogP contribution in [0.15, 0.2) is 23.8 Å². The summed E-state index contributed by atoms with van der Waals surface area (Å²) in [5.74, 6) is -0.193. The summed E-state index contributed by atoms with van der Waals surface area (Å²) in [5, 5.41) is 21.0. The molecule has 5 heteroatoms. The van der Waals surface area contributed by atoms with Crippen LogP contribution in [0.5, 0.6) is 0 Å². The molecule has 146 valence electrons. The molecular weight excluding hydrogens is 344 g/mol. The fourth-order valence-electron chi connectivity index (χ4n) is 7.70. The van der Waals surface area contributed by atoms with Gasteiger partial charge in [-0.1, -0.05) is 25.5 Å². The molecule has 0 aromatic rings. The molecule has 1 saturated heterocycles. The zero-order chi connectivity index (χ0) is 19.4. The topological polar surface area (TPSA) is 87.1 Å². The van der Waals surface area contributed by atoms with Crippen LogP contribution in [-0.2, 0) is 14.3 Å². The van der Waals surface area contributed by atoms with Gasteiger partial charge in [-0.25, -0.2) is 0 Å². The number of epoxide rings is 1. The molecule has 0 amide bonds. The highest BCUT2D eigenvalue weighted by atomic mass is 16.6. The Morgan fingerprint density at radius 2 is 2.07 bits per heavy atom. The van der Waals surface area contributed by atoms with Gasteiger partial charge in [0.25, 0.3) is 0 Å². The SMILES string of the molecule is C[C@@H]1C[C@@H]2[C@H]3CCC4=CC(=O)C=C[C@@]4(C)[C@]34O[C@@H]4C[C@@]2(C)[C@]1(O)C(=O)CO. The maximum absolute atomic E-state index is 12.6. The van der Waals surface area contributed by atoms with E-state index in [2.05, 4.69) is 6.92 Å². The van der Waals surface area contributed by atoms with E-state index in [0.717, 1.165) is 24.8 Å². The molecule has 5 aliphatic rings. The molecule has 0 aromatic carbocycles. The van der Waals surface area contributed by atoms with E-state index < -0.39 is 23.4 Å². The van der Waals surface area contributed by atoms with Crippen LogP contribution in [0, 0.1) is 28.6 Å². The number of aliphatic hydroxyl groups is 2. The van der Waals surface area contributed by atoms with Crippen molar-refractivity contribution >= 4 is 11.6 Å². The van der Waals surface area contributed by atoms with Crippen LogP contribution in [0.4, 0.5) is 0 Å². The van der Waals surface area contributed by atoms with Crippen LogP contribution in [-0.4, -0.2) is 45.7 Å². The Kier molecular flexibility index (Phi) is 3.29. The number of allylic oxidation sites excluding steroid dienone is 2. The van der Waals surface area contributed by atoms with Gasteiger partial charge in [0.2, 0.25) is 0 Å². The number of ketones is 2. The number of hydrogen-bond donors (Lipinski definition) is 2. The minimum Gasteiger partial charge on any atom is -0.388 e. The van der Waals surface area contributed by atoms with Gasteiger partial charge in [0.05, 0.1) is 6.10 Å². The number of aliphatic hydroxyl groups excluding tert-OH is 1. The van der Waals surface area contributed by atoms with E-state index in [1.165, 1.54) is 0 Å². The number of rotatable bonds is 2. The Hall–Kier alpha value is -1.30. The lowest BCUT2D eigenvalue weighted by molar-refractivity contribution is -0.165. The van der Waals surface area contributed by atoms with Crippen LogP contribution < -0.4 is 0 Å². The van der Waals surface area contributed by atoms with Crippen molar-refractivity contribution in [1.29, 1.82) is 0 Å². The van der Waals surface area contributed by atoms with Gasteiger partial charge in [0.15, 0.2) is 11.6 Å². The predicted molar refractivity (Wildman–Crippen MR) is 97.7 cm³/mol. The first kappa shape index (κ1) is 17.8. The standard InChI is InChI=1S/C22H28O5/c1-12-8-16-15-5-4-13-9-14(24)6-7-19(13,2)22(15)18(27-22)10-20(16,3)21(12,26)17(25)11-23/h6-7,9,12,15-16,18,23,26H,4-5,8,10-11H2,1-3H3/t12-,15-,16-,18-,19-,20-,21-,22+/m1/s1. The Balaban J connectivity index is 1.60. The zero-order valence-electron chi connectivity index (χ0n) is 16.2. The summed E-state index contributed by atoms with van der Waals surface area (Å²) in [5.41, 5.74) is -1.55. The molecule has 4 aliphatic carbocycles. The summed E-state index contributed by atoms with van der Waals surface area (Å²) in [6.45, 7) is 5.51. The lowest BCUT2D eigenvalue weighted by atomic mass is 9.46. The highest BCUT2D eigenvalue weighted by Gasteiger charge is 2.81. The van der Waals surface area contributed by atoms with E-state index in [-0.39, 0.29) is 40.7 Å². The van der Waals surface area contributed by atoms with Gasteiger partial charge < -0.3 is 14.9 Å². The first-order chi connectivity index (χ1) is 12.6. The Morgan fingerprint density at radius 3 is 2.78 bits per heavy atom. The Morgan fingerprint density at radius 1 is 1.33 bits per heavy atom. The molecule has 1 aliphatic heterocycles. The summed E-state index contributed by atoms with van der Waals surface area (Å²) in [6, 6.07) is 0. The molecule has 0 bridgehead atoms. The van der Waals surface area contributed by atoms with Crippen molar-refractivity contribution in [3.63, 3.8) is 0 Å². The van der Waals surface area contributed by atoms with Crippen molar-refractivity contribution in [1.82, 2.24) is 0 Å². The molecule has 8 atom stereocenters. The molecule has 27 heavy (non-hydrogen) atoms. The summed E-state index contributed by atoms with van der Waals surface area (Å²) in [6.07, 6.45) is 8.58. The smallest absolute Gasteiger partial charge is 0.190 e. The maximum atomic E-state index is 12.6. The molecule has 0 radical (unpaired) electrons. The average molecular weight is 372 g/mol. The van der Waals surface area contributed by atoms with E-state index >= 15 is 0 Å². The molecule has 2 N–H and O–H groups in total. The number of ether oxygens (including phenoxy) is 1. The van der Waals surface area contributed by atoms with Crippen LogP contribution >= 0.6 is 0 Å². The normalized spacial score (nSPS) is 55.1. The summed E-state index contributed by atoms with van der Waals surface area (Å²) >= 11 is 0. The van der Waals surface area contributed by atoms with Gasteiger partial charge >= 0.3 is 0 Å². The third-order valence-electron chi connectivity index (χ3n) is 9.08. The molecule has 5 nitrogen and oxygen atoms in total. The molecule has 5 rings (SSSR count). The van der Waals surface area contributed by atoms with Crippen molar-refractivity contribution in [2.75, 3.05) is 6.61 Å². The minimum absolute atomic E-state index is 0.0291. The highest BCUT2D eigenvalue weighted by molar-refractivity contribution is 6.01. The molecule has 3 saturated carbocycles. The fourth-order valence-corrected chi connectivity index (χ4v) is 7.70. The van der Waals surface area contributed by atoms with Gasteiger partial charge in [-0.05, 0) is 62.5 Å².